The molecule has 0 radical (unpaired) electrons. The number of likely N-dealkylation sites (tertiary alicyclic amines) is 1. The van der Waals surface area contributed by atoms with Crippen LogP contribution in [0.2, 0.25) is 0 Å². The van der Waals surface area contributed by atoms with Crippen molar-refractivity contribution in [1.82, 2.24) is 24.6 Å². The number of nitrogens with one attached hydrogen (secondary N) is 2. The Morgan fingerprint density at radius 2 is 1.72 bits per heavy atom. The minimum absolute atomic E-state index is 0.0462. The normalized spacial score (nSPS) is 19.8. The number of hydrogen-bond acceptors (Lipinski definition) is 8. The van der Waals surface area contributed by atoms with Gasteiger partial charge in [0.15, 0.2) is 0 Å². The zero-order chi connectivity index (χ0) is 32.6. The second-order valence-electron chi connectivity index (χ2n) is 12.4. The maximum atomic E-state index is 14.9. The van der Waals surface area contributed by atoms with Crippen LogP contribution >= 0.6 is 0 Å². The molecule has 2 amide bonds. The molecule has 14 heteroatoms. The lowest BCUT2D eigenvalue weighted by Gasteiger charge is -2.31. The van der Waals surface area contributed by atoms with E-state index < -0.39 is 17.8 Å². The number of rotatable bonds is 7. The fraction of sp³-hybridized carbons (Fsp3) is 0.438. The van der Waals surface area contributed by atoms with Gasteiger partial charge in [-0.3, -0.25) is 9.58 Å². The summed E-state index contributed by atoms with van der Waals surface area (Å²) in [6.45, 7) is 1.28. The first kappa shape index (κ1) is 31.7. The second kappa shape index (κ2) is 12.9. The molecule has 2 aromatic carbocycles. The summed E-state index contributed by atoms with van der Waals surface area (Å²) >= 11 is 0. The fourth-order valence-electron chi connectivity index (χ4n) is 6.52. The quantitative estimate of drug-likeness (QED) is 0.193. The van der Waals surface area contributed by atoms with Crippen LogP contribution < -0.4 is 27.8 Å². The van der Waals surface area contributed by atoms with Gasteiger partial charge in [0.05, 0.1) is 28.2 Å². The van der Waals surface area contributed by atoms with E-state index in [1.54, 1.807) is 19.3 Å². The Bertz CT molecular complexity index is 1720. The summed E-state index contributed by atoms with van der Waals surface area (Å²) in [7, 11) is 1.66. The van der Waals surface area contributed by atoms with Gasteiger partial charge in [-0.05, 0) is 81.4 Å². The smallest absolute Gasteiger partial charge is 0.351 e. The lowest BCUT2D eigenvalue weighted by Crippen LogP contribution is -2.39. The lowest BCUT2D eigenvalue weighted by molar-refractivity contribution is -0.138. The fourth-order valence-corrected chi connectivity index (χ4v) is 6.52. The average molecular weight is 637 g/mol. The topological polar surface area (TPSA) is 166 Å². The van der Waals surface area contributed by atoms with E-state index in [1.807, 2.05) is 23.1 Å². The number of fused-ring (bicyclic) bond motifs is 1. The summed E-state index contributed by atoms with van der Waals surface area (Å²) in [5.74, 6) is 0.546. The number of anilines is 2. The van der Waals surface area contributed by atoms with Crippen molar-refractivity contribution < 1.29 is 18.0 Å². The number of aromatic nitrogens is 4. The van der Waals surface area contributed by atoms with Crippen molar-refractivity contribution in [1.29, 1.82) is 0 Å². The van der Waals surface area contributed by atoms with E-state index in [2.05, 4.69) is 25.7 Å². The van der Waals surface area contributed by atoms with Gasteiger partial charge in [0, 0.05) is 54.4 Å². The van der Waals surface area contributed by atoms with Gasteiger partial charge in [-0.2, -0.15) is 18.3 Å². The lowest BCUT2D eigenvalue weighted by atomic mass is 9.92. The Morgan fingerprint density at radius 3 is 2.41 bits per heavy atom. The number of carbonyl (C=O) groups excluding carboxylic acids is 1. The number of urea groups is 1. The van der Waals surface area contributed by atoms with E-state index in [0.29, 0.717) is 37.6 Å². The SMILES string of the molecule is Cn1nc(-c2c(NC(N)=O)ccc(CN3CCC(N)CC3)c2C(F)(F)F)cc1-c1ccc2nc(NC3CCC(N)CC3)ncc2c1. The number of halogens is 3. The molecular formula is C32H39F3N10O. The molecule has 6 rings (SSSR count). The zero-order valence-electron chi connectivity index (χ0n) is 25.6. The van der Waals surface area contributed by atoms with Gasteiger partial charge in [0.2, 0.25) is 5.95 Å². The monoisotopic (exact) mass is 636 g/mol. The van der Waals surface area contributed by atoms with Crippen LogP contribution in [0.4, 0.5) is 29.6 Å². The number of amides is 2. The summed E-state index contributed by atoms with van der Waals surface area (Å²) in [6.07, 6.45) is 2.27. The first-order valence-electron chi connectivity index (χ1n) is 15.6. The molecule has 2 aliphatic rings. The number of hydrogen-bond donors (Lipinski definition) is 5. The van der Waals surface area contributed by atoms with Gasteiger partial charge in [-0.15, -0.1) is 0 Å². The van der Waals surface area contributed by atoms with Crippen LogP contribution in [0.3, 0.4) is 0 Å². The Labute approximate surface area is 264 Å². The molecular weight excluding hydrogens is 597 g/mol. The molecule has 244 valence electrons. The molecule has 1 saturated heterocycles. The molecule has 1 aliphatic heterocycles. The van der Waals surface area contributed by atoms with Gasteiger partial charge >= 0.3 is 12.2 Å². The molecule has 11 nitrogen and oxygen atoms in total. The second-order valence-corrected chi connectivity index (χ2v) is 12.4. The molecule has 8 N–H and O–H groups in total. The van der Waals surface area contributed by atoms with Crippen LogP contribution in [0.25, 0.3) is 33.4 Å². The number of benzene rings is 2. The largest absolute Gasteiger partial charge is 0.417 e. The van der Waals surface area contributed by atoms with Crippen molar-refractivity contribution in [3.63, 3.8) is 0 Å². The van der Waals surface area contributed by atoms with Crippen molar-refractivity contribution >= 4 is 28.6 Å². The van der Waals surface area contributed by atoms with E-state index in [0.717, 1.165) is 42.1 Å². The van der Waals surface area contributed by atoms with Gasteiger partial charge in [0.25, 0.3) is 0 Å². The van der Waals surface area contributed by atoms with Gasteiger partial charge in [0.1, 0.15) is 0 Å². The number of alkyl halides is 3. The summed E-state index contributed by atoms with van der Waals surface area (Å²) < 4.78 is 46.2. The Kier molecular flexibility index (Phi) is 8.86. The van der Waals surface area contributed by atoms with Crippen LogP contribution in [0, 0.1) is 0 Å². The number of primary amides is 1. The highest BCUT2D eigenvalue weighted by molar-refractivity contribution is 5.95. The Morgan fingerprint density at radius 1 is 1.00 bits per heavy atom. The van der Waals surface area contributed by atoms with Crippen molar-refractivity contribution in [2.75, 3.05) is 23.7 Å². The predicted molar refractivity (Wildman–Crippen MR) is 172 cm³/mol. The average Bonchev–Trinajstić information content (AvgIpc) is 3.40. The molecule has 0 spiro atoms. The maximum absolute atomic E-state index is 14.9. The van der Waals surface area contributed by atoms with Gasteiger partial charge in [-0.1, -0.05) is 12.1 Å². The number of nitrogens with two attached hydrogens (primary N) is 3. The van der Waals surface area contributed by atoms with Crippen LogP contribution in [0.15, 0.2) is 42.6 Å². The van der Waals surface area contributed by atoms with Crippen molar-refractivity contribution in [2.45, 2.75) is 69.4 Å². The molecule has 1 saturated carbocycles. The first-order chi connectivity index (χ1) is 21.9. The maximum Gasteiger partial charge on any atom is 0.417 e. The number of aryl methyl sites for hydroxylation is 1. The van der Waals surface area contributed by atoms with E-state index in [9.17, 15) is 18.0 Å². The molecule has 2 fully saturated rings. The minimum atomic E-state index is -4.74. The van der Waals surface area contributed by atoms with E-state index in [1.165, 1.54) is 16.8 Å². The van der Waals surface area contributed by atoms with Gasteiger partial charge < -0.3 is 27.8 Å². The van der Waals surface area contributed by atoms with E-state index >= 15 is 0 Å². The first-order valence-corrected chi connectivity index (χ1v) is 15.6. The summed E-state index contributed by atoms with van der Waals surface area (Å²) in [6, 6.07) is 9.62. The van der Waals surface area contributed by atoms with Crippen LogP contribution in [-0.4, -0.2) is 61.9 Å². The molecule has 0 atom stereocenters. The third-order valence-electron chi connectivity index (χ3n) is 8.98. The number of carbonyl (C=O) groups is 1. The highest BCUT2D eigenvalue weighted by Gasteiger charge is 2.39. The molecule has 46 heavy (non-hydrogen) atoms. The summed E-state index contributed by atoms with van der Waals surface area (Å²) in [5.41, 5.74) is 18.4. The molecule has 1 aliphatic carbocycles. The summed E-state index contributed by atoms with van der Waals surface area (Å²) in [5, 5.41) is 11.1. The van der Waals surface area contributed by atoms with Crippen molar-refractivity contribution in [3.8, 4) is 22.5 Å². The third-order valence-corrected chi connectivity index (χ3v) is 8.98. The Balaban J connectivity index is 1.35. The third kappa shape index (κ3) is 6.93. The Hall–Kier alpha value is -4.27. The standard InChI is InChI=1S/C32H39F3N10O/c1-44-27(18-2-8-24-20(14-18)16-39-31(42-24)40-23-6-4-21(36)5-7-23)15-26(43-44)28-25(41-30(38)46)9-3-19(29(28)32(33,34)35)17-45-12-10-22(37)11-13-45/h2-3,8-9,14-16,21-23H,4-7,10-13,17,36-37H2,1H3,(H3,38,41,46)(H,39,40,42). The molecule has 4 aromatic rings. The van der Waals surface area contributed by atoms with E-state index in [-0.39, 0.29) is 47.2 Å². The summed E-state index contributed by atoms with van der Waals surface area (Å²) in [4.78, 5) is 23.0. The van der Waals surface area contributed by atoms with E-state index in [4.69, 9.17) is 17.2 Å². The predicted octanol–water partition coefficient (Wildman–Crippen LogP) is 4.81. The minimum Gasteiger partial charge on any atom is -0.351 e. The molecule has 3 heterocycles. The van der Waals surface area contributed by atoms with Crippen molar-refractivity contribution in [3.05, 3.63) is 53.7 Å². The molecule has 2 aromatic heterocycles. The number of nitrogens with zero attached hydrogens (tertiary/aromatic N) is 5. The van der Waals surface area contributed by atoms with Crippen molar-refractivity contribution in [2.24, 2.45) is 24.2 Å². The molecule has 0 bridgehead atoms. The van der Waals surface area contributed by atoms with Crippen LogP contribution in [-0.2, 0) is 19.8 Å². The zero-order valence-corrected chi connectivity index (χ0v) is 25.6. The van der Waals surface area contributed by atoms with Crippen LogP contribution in [0.5, 0.6) is 0 Å². The molecule has 0 unspecified atom stereocenters. The number of piperidine rings is 1. The highest BCUT2D eigenvalue weighted by Crippen LogP contribution is 2.44. The highest BCUT2D eigenvalue weighted by atomic mass is 19.4. The van der Waals surface area contributed by atoms with Gasteiger partial charge in [-0.25, -0.2) is 14.8 Å². The van der Waals surface area contributed by atoms with Crippen LogP contribution in [0.1, 0.15) is 49.7 Å².